The fourth-order valence-electron chi connectivity index (χ4n) is 1.98. The van der Waals surface area contributed by atoms with Crippen LogP contribution in [0.4, 0.5) is 0 Å². The first-order valence-corrected chi connectivity index (χ1v) is 5.97. The Balaban J connectivity index is 2.10. The Kier molecular flexibility index (Phi) is 2.40. The van der Waals surface area contributed by atoms with E-state index >= 15 is 0 Å². The average Bonchev–Trinajstić information content (AvgIpc) is 3.09. The normalized spacial score (nSPS) is 15.3. The molecule has 0 spiro atoms. The van der Waals surface area contributed by atoms with Crippen LogP contribution < -0.4 is 0 Å². The van der Waals surface area contributed by atoms with E-state index in [9.17, 15) is 0 Å². The lowest BCUT2D eigenvalue weighted by Gasteiger charge is -2.07. The van der Waals surface area contributed by atoms with Crippen LogP contribution in [0.1, 0.15) is 30.0 Å². The molecule has 0 aliphatic heterocycles. The van der Waals surface area contributed by atoms with E-state index in [1.807, 2.05) is 23.0 Å². The Morgan fingerprint density at radius 2 is 2.06 bits per heavy atom. The van der Waals surface area contributed by atoms with Crippen LogP contribution in [0.3, 0.4) is 0 Å². The van der Waals surface area contributed by atoms with Gasteiger partial charge in [0.05, 0.1) is 23.5 Å². The monoisotopic (exact) mass is 233 g/mol. The minimum absolute atomic E-state index is 0.539. The van der Waals surface area contributed by atoms with Gasteiger partial charge in [0.2, 0.25) is 0 Å². The van der Waals surface area contributed by atoms with Crippen molar-refractivity contribution in [2.75, 3.05) is 0 Å². The maximum atomic E-state index is 5.94. The number of nitrogens with zero attached hydrogens (tertiary/aromatic N) is 3. The van der Waals surface area contributed by atoms with Crippen molar-refractivity contribution in [3.05, 3.63) is 42.0 Å². The number of hydrogen-bond donors (Lipinski definition) is 0. The largest absolute Gasteiger partial charge is 0.265 e. The highest BCUT2D eigenvalue weighted by Gasteiger charge is 2.30. The zero-order valence-electron chi connectivity index (χ0n) is 8.81. The minimum atomic E-state index is 0.539. The molecule has 2 aromatic rings. The van der Waals surface area contributed by atoms with Crippen molar-refractivity contribution in [2.45, 2.75) is 24.6 Å². The number of alkyl halides is 1. The fraction of sp³-hybridized carbons (Fsp3) is 0.333. The lowest BCUT2D eigenvalue weighted by atomic mass is 10.2. The predicted molar refractivity (Wildman–Crippen MR) is 62.9 cm³/mol. The molecule has 0 N–H and O–H groups in total. The molecule has 0 amide bonds. The van der Waals surface area contributed by atoms with E-state index in [4.69, 9.17) is 11.6 Å². The molecule has 0 unspecified atom stereocenters. The molecular weight excluding hydrogens is 222 g/mol. The maximum Gasteiger partial charge on any atom is 0.0679 e. The van der Waals surface area contributed by atoms with Gasteiger partial charge in [-0.3, -0.25) is 4.98 Å². The second-order valence-electron chi connectivity index (χ2n) is 4.08. The molecule has 3 nitrogen and oxygen atoms in total. The summed E-state index contributed by atoms with van der Waals surface area (Å²) in [6, 6.07) is 3.94. The number of pyridine rings is 1. The smallest absolute Gasteiger partial charge is 0.0679 e. The molecule has 1 fully saturated rings. The summed E-state index contributed by atoms with van der Waals surface area (Å²) in [4.78, 5) is 4.02. The van der Waals surface area contributed by atoms with E-state index in [1.165, 1.54) is 18.5 Å². The summed E-state index contributed by atoms with van der Waals surface area (Å²) in [6.07, 6.45) is 7.95. The number of hydrogen-bond acceptors (Lipinski definition) is 2. The van der Waals surface area contributed by atoms with Crippen molar-refractivity contribution in [3.63, 3.8) is 0 Å². The van der Waals surface area contributed by atoms with Crippen LogP contribution in [0.25, 0.3) is 5.69 Å². The van der Waals surface area contributed by atoms with E-state index in [0.29, 0.717) is 11.8 Å². The second-order valence-corrected chi connectivity index (χ2v) is 4.35. The predicted octanol–water partition coefficient (Wildman–Crippen LogP) is 2.88. The topological polar surface area (TPSA) is 30.7 Å². The molecule has 16 heavy (non-hydrogen) atoms. The third kappa shape index (κ3) is 1.61. The third-order valence-electron chi connectivity index (χ3n) is 2.90. The quantitative estimate of drug-likeness (QED) is 0.764. The summed E-state index contributed by atoms with van der Waals surface area (Å²) >= 11 is 5.94. The standard InChI is InChI=1S/C12H12ClN3/c13-7-10-8-15-16(12(10)9-1-2-9)11-3-5-14-6-4-11/h3-6,8-9H,1-2,7H2. The van der Waals surface area contributed by atoms with Gasteiger partial charge in [-0.1, -0.05) is 0 Å². The molecule has 1 aliphatic rings. The molecule has 0 bridgehead atoms. The van der Waals surface area contributed by atoms with Crippen LogP contribution in [0, 0.1) is 0 Å². The molecule has 0 atom stereocenters. The fourth-order valence-corrected chi connectivity index (χ4v) is 2.18. The van der Waals surface area contributed by atoms with Crippen LogP contribution in [0.2, 0.25) is 0 Å². The van der Waals surface area contributed by atoms with Crippen molar-refractivity contribution >= 4 is 11.6 Å². The lowest BCUT2D eigenvalue weighted by molar-refractivity contribution is 0.803. The zero-order valence-corrected chi connectivity index (χ0v) is 9.56. The summed E-state index contributed by atoms with van der Waals surface area (Å²) in [6.45, 7) is 0. The molecule has 1 aliphatic carbocycles. The van der Waals surface area contributed by atoms with E-state index < -0.39 is 0 Å². The molecule has 0 saturated heterocycles. The lowest BCUT2D eigenvalue weighted by Crippen LogP contribution is -2.02. The highest BCUT2D eigenvalue weighted by molar-refractivity contribution is 6.17. The Morgan fingerprint density at radius 1 is 1.31 bits per heavy atom. The molecule has 82 valence electrons. The maximum absolute atomic E-state index is 5.94. The Bertz CT molecular complexity index is 488. The van der Waals surface area contributed by atoms with Gasteiger partial charge in [0, 0.05) is 23.9 Å². The molecule has 0 radical (unpaired) electrons. The highest BCUT2D eigenvalue weighted by Crippen LogP contribution is 2.42. The first kappa shape index (κ1) is 9.85. The molecule has 2 aromatic heterocycles. The highest BCUT2D eigenvalue weighted by atomic mass is 35.5. The zero-order chi connectivity index (χ0) is 11.0. The van der Waals surface area contributed by atoms with Gasteiger partial charge in [0.15, 0.2) is 0 Å². The summed E-state index contributed by atoms with van der Waals surface area (Å²) in [7, 11) is 0. The molecule has 3 rings (SSSR count). The molecule has 0 aromatic carbocycles. The number of rotatable bonds is 3. The van der Waals surface area contributed by atoms with E-state index in [0.717, 1.165) is 11.3 Å². The average molecular weight is 234 g/mol. The summed E-state index contributed by atoms with van der Waals surface area (Å²) in [5.41, 5.74) is 3.50. The SMILES string of the molecule is ClCc1cnn(-c2ccncc2)c1C1CC1. The van der Waals surface area contributed by atoms with Gasteiger partial charge >= 0.3 is 0 Å². The van der Waals surface area contributed by atoms with Gasteiger partial charge in [0.1, 0.15) is 0 Å². The second kappa shape index (κ2) is 3.91. The minimum Gasteiger partial charge on any atom is -0.265 e. The van der Waals surface area contributed by atoms with Gasteiger partial charge in [0.25, 0.3) is 0 Å². The van der Waals surface area contributed by atoms with Gasteiger partial charge in [-0.15, -0.1) is 11.6 Å². The van der Waals surface area contributed by atoms with Crippen LogP contribution in [-0.2, 0) is 5.88 Å². The van der Waals surface area contributed by atoms with Crippen molar-refractivity contribution in [3.8, 4) is 5.69 Å². The van der Waals surface area contributed by atoms with Gasteiger partial charge in [-0.2, -0.15) is 5.10 Å². The van der Waals surface area contributed by atoms with Crippen molar-refractivity contribution in [1.29, 1.82) is 0 Å². The Hall–Kier alpha value is -1.35. The molecule has 4 heteroatoms. The first-order valence-electron chi connectivity index (χ1n) is 5.43. The summed E-state index contributed by atoms with van der Waals surface area (Å²) in [5.74, 6) is 1.18. The van der Waals surface area contributed by atoms with Crippen LogP contribution in [0.15, 0.2) is 30.7 Å². The van der Waals surface area contributed by atoms with Gasteiger partial charge < -0.3 is 0 Å². The Labute approximate surface area is 99.1 Å². The van der Waals surface area contributed by atoms with Crippen molar-refractivity contribution in [2.24, 2.45) is 0 Å². The number of halogens is 1. The first-order chi connectivity index (χ1) is 7.90. The van der Waals surface area contributed by atoms with E-state index in [1.54, 1.807) is 12.4 Å². The summed E-state index contributed by atoms with van der Waals surface area (Å²) in [5, 5.41) is 4.42. The molecular formula is C12H12ClN3. The van der Waals surface area contributed by atoms with Crippen molar-refractivity contribution in [1.82, 2.24) is 14.8 Å². The Morgan fingerprint density at radius 3 is 2.69 bits per heavy atom. The van der Waals surface area contributed by atoms with Crippen LogP contribution in [-0.4, -0.2) is 14.8 Å². The summed E-state index contributed by atoms with van der Waals surface area (Å²) < 4.78 is 2.00. The van der Waals surface area contributed by atoms with Crippen molar-refractivity contribution < 1.29 is 0 Å². The van der Waals surface area contributed by atoms with Gasteiger partial charge in [-0.25, -0.2) is 4.68 Å². The van der Waals surface area contributed by atoms with E-state index in [-0.39, 0.29) is 0 Å². The van der Waals surface area contributed by atoms with E-state index in [2.05, 4.69) is 10.1 Å². The molecule has 2 heterocycles. The van der Waals surface area contributed by atoms with Crippen LogP contribution in [0.5, 0.6) is 0 Å². The van der Waals surface area contributed by atoms with Gasteiger partial charge in [-0.05, 0) is 25.0 Å². The number of aromatic nitrogens is 3. The third-order valence-corrected chi connectivity index (χ3v) is 3.19. The molecule has 1 saturated carbocycles. The van der Waals surface area contributed by atoms with Crippen LogP contribution >= 0.6 is 11.6 Å².